The second kappa shape index (κ2) is 5.48. The van der Waals surface area contributed by atoms with Crippen molar-refractivity contribution in [3.8, 4) is 0 Å². The van der Waals surface area contributed by atoms with Crippen LogP contribution < -0.4 is 5.32 Å². The molecule has 3 heteroatoms. The van der Waals surface area contributed by atoms with Crippen LogP contribution in [0.4, 0.5) is 0 Å². The van der Waals surface area contributed by atoms with Gasteiger partial charge in [-0.25, -0.2) is 0 Å². The third kappa shape index (κ3) is 3.08. The van der Waals surface area contributed by atoms with E-state index >= 15 is 0 Å². The van der Waals surface area contributed by atoms with Crippen molar-refractivity contribution in [1.82, 2.24) is 15.1 Å². The van der Waals surface area contributed by atoms with Crippen molar-refractivity contribution in [2.75, 3.05) is 13.6 Å². The first kappa shape index (κ1) is 13.2. The molecule has 0 atom stereocenters. The predicted octanol–water partition coefficient (Wildman–Crippen LogP) is 2.35. The molecule has 0 radical (unpaired) electrons. The van der Waals surface area contributed by atoms with E-state index in [1.165, 1.54) is 17.7 Å². The summed E-state index contributed by atoms with van der Waals surface area (Å²) in [5, 5.41) is 7.74. The van der Waals surface area contributed by atoms with Crippen LogP contribution in [0.1, 0.15) is 45.4 Å². The van der Waals surface area contributed by atoms with E-state index in [2.05, 4.69) is 42.8 Å². The van der Waals surface area contributed by atoms with Crippen LogP contribution in [0.25, 0.3) is 0 Å². The van der Waals surface area contributed by atoms with Gasteiger partial charge in [0, 0.05) is 5.69 Å². The number of hydrogen-bond donors (Lipinski definition) is 1. The summed E-state index contributed by atoms with van der Waals surface area (Å²) < 4.78 is 2.18. The molecular formula is C13H25N3. The van der Waals surface area contributed by atoms with Gasteiger partial charge in [-0.2, -0.15) is 5.10 Å². The molecule has 1 N–H and O–H groups in total. The predicted molar refractivity (Wildman–Crippen MR) is 68.8 cm³/mol. The van der Waals surface area contributed by atoms with Gasteiger partial charge in [-0.1, -0.05) is 13.3 Å². The minimum absolute atomic E-state index is 0.0857. The average molecular weight is 223 g/mol. The lowest BCUT2D eigenvalue weighted by Crippen LogP contribution is -2.25. The van der Waals surface area contributed by atoms with Crippen LogP contribution in [0, 0.1) is 0 Å². The van der Waals surface area contributed by atoms with Crippen molar-refractivity contribution in [2.45, 2.75) is 52.5 Å². The molecule has 92 valence electrons. The molecule has 0 aliphatic carbocycles. The maximum atomic E-state index is 4.55. The quantitative estimate of drug-likeness (QED) is 0.830. The van der Waals surface area contributed by atoms with Gasteiger partial charge in [-0.3, -0.25) is 4.68 Å². The molecule has 1 rings (SSSR count). The Labute approximate surface area is 99.2 Å². The summed E-state index contributed by atoms with van der Waals surface area (Å²) in [6, 6.07) is 0. The molecule has 0 spiro atoms. The first-order valence-electron chi connectivity index (χ1n) is 6.21. The van der Waals surface area contributed by atoms with Gasteiger partial charge in [0.05, 0.1) is 11.7 Å². The Kier molecular flexibility index (Phi) is 4.54. The number of nitrogens with one attached hydrogen (secondary N) is 1. The number of nitrogens with zero attached hydrogens (tertiary/aromatic N) is 2. The monoisotopic (exact) mass is 223 g/mol. The van der Waals surface area contributed by atoms with Gasteiger partial charge in [0.25, 0.3) is 0 Å². The summed E-state index contributed by atoms with van der Waals surface area (Å²) in [6.07, 6.45) is 5.40. The zero-order chi connectivity index (χ0) is 12.2. The number of rotatable bonds is 5. The Morgan fingerprint density at radius 3 is 2.50 bits per heavy atom. The third-order valence-corrected chi connectivity index (χ3v) is 2.72. The van der Waals surface area contributed by atoms with Crippen LogP contribution in [0.5, 0.6) is 0 Å². The van der Waals surface area contributed by atoms with E-state index in [9.17, 15) is 0 Å². The molecule has 0 unspecified atom stereocenters. The lowest BCUT2D eigenvalue weighted by Gasteiger charge is -2.23. The van der Waals surface area contributed by atoms with Gasteiger partial charge in [0.1, 0.15) is 0 Å². The van der Waals surface area contributed by atoms with E-state index in [4.69, 9.17) is 0 Å². The molecule has 0 saturated heterocycles. The lowest BCUT2D eigenvalue weighted by atomic mass is 10.1. The molecule has 0 aliphatic heterocycles. The highest BCUT2D eigenvalue weighted by atomic mass is 15.3. The average Bonchev–Trinajstić information content (AvgIpc) is 2.58. The van der Waals surface area contributed by atoms with E-state index in [1.54, 1.807) is 0 Å². The van der Waals surface area contributed by atoms with Crippen molar-refractivity contribution in [1.29, 1.82) is 0 Å². The molecular weight excluding hydrogens is 198 g/mol. The number of hydrogen-bond acceptors (Lipinski definition) is 2. The van der Waals surface area contributed by atoms with Crippen LogP contribution in [0.2, 0.25) is 0 Å². The molecule has 0 saturated carbocycles. The Morgan fingerprint density at radius 2 is 2.00 bits per heavy atom. The molecule has 1 aromatic rings. The smallest absolute Gasteiger partial charge is 0.0546 e. The Hall–Kier alpha value is -0.830. The summed E-state index contributed by atoms with van der Waals surface area (Å²) in [5.74, 6) is 0. The maximum Gasteiger partial charge on any atom is 0.0546 e. The topological polar surface area (TPSA) is 29.9 Å². The summed E-state index contributed by atoms with van der Waals surface area (Å²) in [7, 11) is 1.99. The van der Waals surface area contributed by atoms with Crippen LogP contribution in [-0.4, -0.2) is 23.4 Å². The van der Waals surface area contributed by atoms with Gasteiger partial charge in [-0.05, 0) is 52.8 Å². The Balaban J connectivity index is 2.97. The van der Waals surface area contributed by atoms with Crippen molar-refractivity contribution >= 4 is 0 Å². The molecule has 0 bridgehead atoms. The first-order valence-corrected chi connectivity index (χ1v) is 6.21. The molecule has 1 heterocycles. The minimum Gasteiger partial charge on any atom is -0.319 e. The summed E-state index contributed by atoms with van der Waals surface area (Å²) in [5.41, 5.74) is 2.89. The maximum absolute atomic E-state index is 4.55. The largest absolute Gasteiger partial charge is 0.319 e. The van der Waals surface area contributed by atoms with E-state index in [1.807, 2.05) is 13.2 Å². The summed E-state index contributed by atoms with van der Waals surface area (Å²) in [4.78, 5) is 0. The van der Waals surface area contributed by atoms with Gasteiger partial charge in [0.2, 0.25) is 0 Å². The van der Waals surface area contributed by atoms with E-state index < -0.39 is 0 Å². The van der Waals surface area contributed by atoms with Crippen molar-refractivity contribution in [3.63, 3.8) is 0 Å². The highest BCUT2D eigenvalue weighted by Crippen LogP contribution is 2.20. The van der Waals surface area contributed by atoms with Gasteiger partial charge < -0.3 is 5.32 Å². The molecule has 0 amide bonds. The minimum atomic E-state index is 0.0857. The standard InChI is InChI=1S/C13H25N3/c1-6-7-12-11(8-9-14-5)10-15-16(12)13(2,3)4/h10,14H,6-9H2,1-5H3. The van der Waals surface area contributed by atoms with Crippen LogP contribution in [-0.2, 0) is 18.4 Å². The van der Waals surface area contributed by atoms with Crippen molar-refractivity contribution in [2.24, 2.45) is 0 Å². The molecule has 1 aromatic heterocycles. The highest BCUT2D eigenvalue weighted by molar-refractivity contribution is 5.19. The van der Waals surface area contributed by atoms with Gasteiger partial charge >= 0.3 is 0 Å². The lowest BCUT2D eigenvalue weighted by molar-refractivity contribution is 0.342. The molecule has 0 aliphatic rings. The Bertz CT molecular complexity index is 320. The van der Waals surface area contributed by atoms with Crippen molar-refractivity contribution < 1.29 is 0 Å². The van der Waals surface area contributed by atoms with E-state index in [0.717, 1.165) is 19.4 Å². The number of aromatic nitrogens is 2. The van der Waals surface area contributed by atoms with Crippen LogP contribution in [0.3, 0.4) is 0 Å². The highest BCUT2D eigenvalue weighted by Gasteiger charge is 2.19. The third-order valence-electron chi connectivity index (χ3n) is 2.72. The molecule has 0 aromatic carbocycles. The summed E-state index contributed by atoms with van der Waals surface area (Å²) in [6.45, 7) is 9.87. The molecule has 16 heavy (non-hydrogen) atoms. The van der Waals surface area contributed by atoms with E-state index in [-0.39, 0.29) is 5.54 Å². The fraction of sp³-hybridized carbons (Fsp3) is 0.769. The van der Waals surface area contributed by atoms with Crippen LogP contribution >= 0.6 is 0 Å². The summed E-state index contributed by atoms with van der Waals surface area (Å²) >= 11 is 0. The second-order valence-corrected chi connectivity index (χ2v) is 5.30. The fourth-order valence-electron chi connectivity index (χ4n) is 1.96. The van der Waals surface area contributed by atoms with Gasteiger partial charge in [0.15, 0.2) is 0 Å². The Morgan fingerprint density at radius 1 is 1.31 bits per heavy atom. The number of likely N-dealkylation sites (N-methyl/N-ethyl adjacent to an activating group) is 1. The van der Waals surface area contributed by atoms with Gasteiger partial charge in [-0.15, -0.1) is 0 Å². The fourth-order valence-corrected chi connectivity index (χ4v) is 1.96. The molecule has 3 nitrogen and oxygen atoms in total. The second-order valence-electron chi connectivity index (χ2n) is 5.30. The normalized spacial score (nSPS) is 12.1. The first-order chi connectivity index (χ1) is 7.50. The molecule has 0 fully saturated rings. The SMILES string of the molecule is CCCc1c(CCNC)cnn1C(C)(C)C. The zero-order valence-electron chi connectivity index (χ0n) is 11.3. The van der Waals surface area contributed by atoms with Crippen molar-refractivity contribution in [3.05, 3.63) is 17.5 Å². The zero-order valence-corrected chi connectivity index (χ0v) is 11.3. The van der Waals surface area contributed by atoms with E-state index in [0.29, 0.717) is 0 Å². The van der Waals surface area contributed by atoms with Crippen LogP contribution in [0.15, 0.2) is 6.20 Å².